The summed E-state index contributed by atoms with van der Waals surface area (Å²) < 4.78 is 4.12. The Morgan fingerprint density at radius 1 is 1.13 bits per heavy atom. The number of halogens is 2. The lowest BCUT2D eigenvalue weighted by Crippen LogP contribution is -2.30. The molecule has 0 unspecified atom stereocenters. The molecule has 1 amide bonds. The highest BCUT2D eigenvalue weighted by Gasteiger charge is 2.22. The summed E-state index contributed by atoms with van der Waals surface area (Å²) >= 11 is 0. The van der Waals surface area contributed by atoms with Gasteiger partial charge in [0.25, 0.3) is 0 Å². The number of hydrogen-bond donors (Lipinski definition) is 1. The molecular formula is C21H30Cl2N6O. The van der Waals surface area contributed by atoms with E-state index in [2.05, 4.69) is 16.7 Å². The van der Waals surface area contributed by atoms with Crippen LogP contribution in [0.25, 0.3) is 22.6 Å². The standard InChI is InChI=1S/C21H28N6O.2ClH/c1-25-19-9-5-4-8-17(19)23-21(25)18-14-16-15-26(12-7-13-27(16)24-18)20(28)10-3-2-6-11-22;;/h4-5,8-9,14H,2-3,6-7,10-13,15,22H2,1H3;2*1H. The number of unbranched alkanes of at least 4 members (excludes halogenated alkanes) is 2. The van der Waals surface area contributed by atoms with Crippen LogP contribution >= 0.6 is 24.8 Å². The van der Waals surface area contributed by atoms with Crippen molar-refractivity contribution < 1.29 is 4.79 Å². The van der Waals surface area contributed by atoms with Crippen LogP contribution in [0.15, 0.2) is 30.3 Å². The van der Waals surface area contributed by atoms with Crippen molar-refractivity contribution >= 4 is 41.8 Å². The maximum atomic E-state index is 12.6. The van der Waals surface area contributed by atoms with Crippen molar-refractivity contribution in [3.63, 3.8) is 0 Å². The minimum Gasteiger partial charge on any atom is -0.337 e. The SMILES string of the molecule is Cl.Cl.Cn1c(-c2cc3n(n2)CCCN(C(=O)CCCCCN)C3)nc2ccccc21. The lowest BCUT2D eigenvalue weighted by Gasteiger charge is -2.20. The Hall–Kier alpha value is -2.09. The largest absolute Gasteiger partial charge is 0.337 e. The van der Waals surface area contributed by atoms with Gasteiger partial charge in [0.1, 0.15) is 5.69 Å². The fourth-order valence-electron chi connectivity index (χ4n) is 3.91. The summed E-state index contributed by atoms with van der Waals surface area (Å²) in [5, 5.41) is 4.80. The highest BCUT2D eigenvalue weighted by molar-refractivity contribution is 5.85. The molecule has 30 heavy (non-hydrogen) atoms. The summed E-state index contributed by atoms with van der Waals surface area (Å²) in [5.41, 5.74) is 9.54. The number of aromatic nitrogens is 4. The van der Waals surface area contributed by atoms with Gasteiger partial charge in [0.05, 0.1) is 23.3 Å². The number of imidazole rings is 1. The van der Waals surface area contributed by atoms with E-state index in [-0.39, 0.29) is 30.7 Å². The monoisotopic (exact) mass is 452 g/mol. The molecule has 0 bridgehead atoms. The van der Waals surface area contributed by atoms with Gasteiger partial charge in [-0.25, -0.2) is 4.98 Å². The topological polar surface area (TPSA) is 82.0 Å². The van der Waals surface area contributed by atoms with Gasteiger partial charge in [-0.05, 0) is 44.0 Å². The molecule has 1 aliphatic heterocycles. The van der Waals surface area contributed by atoms with Gasteiger partial charge in [0, 0.05) is 26.6 Å². The van der Waals surface area contributed by atoms with Crippen molar-refractivity contribution in [3.05, 3.63) is 36.0 Å². The summed E-state index contributed by atoms with van der Waals surface area (Å²) in [6.07, 6.45) is 4.44. The molecule has 0 spiro atoms. The van der Waals surface area contributed by atoms with E-state index < -0.39 is 0 Å². The van der Waals surface area contributed by atoms with Crippen molar-refractivity contribution in [2.75, 3.05) is 13.1 Å². The van der Waals surface area contributed by atoms with Gasteiger partial charge in [-0.15, -0.1) is 24.8 Å². The average molecular weight is 453 g/mol. The van der Waals surface area contributed by atoms with Gasteiger partial charge in [-0.1, -0.05) is 18.6 Å². The zero-order valence-corrected chi connectivity index (χ0v) is 18.9. The molecule has 4 rings (SSSR count). The van der Waals surface area contributed by atoms with E-state index >= 15 is 0 Å². The number of carbonyl (C=O) groups is 1. The van der Waals surface area contributed by atoms with E-state index in [1.807, 2.05) is 34.8 Å². The number of benzene rings is 1. The number of carbonyl (C=O) groups excluding carboxylic acids is 1. The van der Waals surface area contributed by atoms with Crippen LogP contribution in [0.4, 0.5) is 0 Å². The van der Waals surface area contributed by atoms with Crippen LogP contribution in [0.1, 0.15) is 37.8 Å². The summed E-state index contributed by atoms with van der Waals surface area (Å²) in [5.74, 6) is 1.09. The number of rotatable bonds is 6. The third kappa shape index (κ3) is 4.96. The Morgan fingerprint density at radius 2 is 1.93 bits per heavy atom. The molecule has 7 nitrogen and oxygen atoms in total. The summed E-state index contributed by atoms with van der Waals surface area (Å²) in [7, 11) is 2.02. The summed E-state index contributed by atoms with van der Waals surface area (Å²) in [6, 6.07) is 10.2. The van der Waals surface area contributed by atoms with Gasteiger partial charge in [0.15, 0.2) is 5.82 Å². The number of nitrogens with zero attached hydrogens (tertiary/aromatic N) is 5. The van der Waals surface area contributed by atoms with Crippen LogP contribution in [0, 0.1) is 0 Å². The fraction of sp³-hybridized carbons (Fsp3) is 0.476. The number of nitrogens with two attached hydrogens (primary N) is 1. The maximum absolute atomic E-state index is 12.6. The lowest BCUT2D eigenvalue weighted by atomic mass is 10.1. The van der Waals surface area contributed by atoms with E-state index in [1.165, 1.54) is 0 Å². The molecule has 0 atom stereocenters. The first-order valence-electron chi connectivity index (χ1n) is 10.1. The van der Waals surface area contributed by atoms with Crippen molar-refractivity contribution in [2.24, 2.45) is 12.8 Å². The van der Waals surface area contributed by atoms with Crippen LogP contribution in [-0.2, 0) is 24.9 Å². The molecule has 0 saturated heterocycles. The van der Waals surface area contributed by atoms with E-state index in [0.29, 0.717) is 19.5 Å². The van der Waals surface area contributed by atoms with Crippen LogP contribution in [0.2, 0.25) is 0 Å². The molecule has 1 aliphatic rings. The first kappa shape index (κ1) is 24.2. The third-order valence-corrected chi connectivity index (χ3v) is 5.48. The number of para-hydroxylation sites is 2. The predicted octanol–water partition coefficient (Wildman–Crippen LogP) is 3.53. The molecule has 164 valence electrons. The van der Waals surface area contributed by atoms with Crippen molar-refractivity contribution in [3.8, 4) is 11.5 Å². The first-order chi connectivity index (χ1) is 13.7. The molecule has 2 N–H and O–H groups in total. The Balaban J connectivity index is 0.00000160. The van der Waals surface area contributed by atoms with Crippen molar-refractivity contribution in [1.82, 2.24) is 24.2 Å². The fourth-order valence-corrected chi connectivity index (χ4v) is 3.91. The highest BCUT2D eigenvalue weighted by Crippen LogP contribution is 2.25. The Morgan fingerprint density at radius 3 is 2.70 bits per heavy atom. The molecule has 3 aromatic rings. The molecule has 2 aromatic heterocycles. The second-order valence-electron chi connectivity index (χ2n) is 7.50. The molecule has 0 radical (unpaired) electrons. The predicted molar refractivity (Wildman–Crippen MR) is 124 cm³/mol. The zero-order valence-electron chi connectivity index (χ0n) is 17.3. The van der Waals surface area contributed by atoms with E-state index in [4.69, 9.17) is 15.8 Å². The second-order valence-corrected chi connectivity index (χ2v) is 7.50. The molecular weight excluding hydrogens is 423 g/mol. The van der Waals surface area contributed by atoms with Crippen molar-refractivity contribution in [1.29, 1.82) is 0 Å². The van der Waals surface area contributed by atoms with Crippen LogP contribution in [0.5, 0.6) is 0 Å². The van der Waals surface area contributed by atoms with Gasteiger partial charge in [0.2, 0.25) is 5.91 Å². The van der Waals surface area contributed by atoms with Crippen LogP contribution < -0.4 is 5.73 Å². The van der Waals surface area contributed by atoms with E-state index in [1.54, 1.807) is 0 Å². The number of fused-ring (bicyclic) bond motifs is 2. The van der Waals surface area contributed by atoms with Gasteiger partial charge < -0.3 is 15.2 Å². The van der Waals surface area contributed by atoms with E-state index in [0.717, 1.165) is 67.0 Å². The minimum absolute atomic E-state index is 0. The van der Waals surface area contributed by atoms with Crippen LogP contribution in [0.3, 0.4) is 0 Å². The number of hydrogen-bond acceptors (Lipinski definition) is 4. The minimum atomic E-state index is 0. The van der Waals surface area contributed by atoms with Crippen LogP contribution in [-0.4, -0.2) is 43.2 Å². The normalized spacial score (nSPS) is 13.3. The summed E-state index contributed by atoms with van der Waals surface area (Å²) in [6.45, 7) is 2.94. The Bertz CT molecular complexity index is 983. The van der Waals surface area contributed by atoms with Gasteiger partial charge >= 0.3 is 0 Å². The van der Waals surface area contributed by atoms with Crippen molar-refractivity contribution in [2.45, 2.75) is 45.2 Å². The first-order valence-corrected chi connectivity index (χ1v) is 10.1. The third-order valence-electron chi connectivity index (χ3n) is 5.48. The molecule has 1 aromatic carbocycles. The summed E-state index contributed by atoms with van der Waals surface area (Å²) in [4.78, 5) is 19.4. The molecule has 0 fully saturated rings. The number of amides is 1. The Kier molecular flexibility index (Phi) is 8.70. The molecule has 0 saturated carbocycles. The van der Waals surface area contributed by atoms with Gasteiger partial charge in [-0.2, -0.15) is 5.10 Å². The maximum Gasteiger partial charge on any atom is 0.222 e. The molecule has 9 heteroatoms. The molecule has 3 heterocycles. The highest BCUT2D eigenvalue weighted by atomic mass is 35.5. The molecule has 0 aliphatic carbocycles. The van der Waals surface area contributed by atoms with Gasteiger partial charge in [-0.3, -0.25) is 9.48 Å². The average Bonchev–Trinajstić information content (AvgIpc) is 3.19. The smallest absolute Gasteiger partial charge is 0.222 e. The quantitative estimate of drug-likeness (QED) is 0.579. The number of aryl methyl sites for hydroxylation is 2. The second kappa shape index (κ2) is 10.8. The Labute approximate surface area is 189 Å². The lowest BCUT2D eigenvalue weighted by molar-refractivity contribution is -0.131. The zero-order chi connectivity index (χ0) is 19.5. The van der Waals surface area contributed by atoms with E-state index in [9.17, 15) is 4.79 Å².